The average Bonchev–Trinajstić information content (AvgIpc) is 2.90. The highest BCUT2D eigenvalue weighted by Gasteiger charge is 2.19. The second-order valence-electron chi connectivity index (χ2n) is 7.83. The van der Waals surface area contributed by atoms with Crippen molar-refractivity contribution in [1.82, 2.24) is 9.97 Å². The van der Waals surface area contributed by atoms with E-state index in [-0.39, 0.29) is 22.2 Å². The van der Waals surface area contributed by atoms with Crippen LogP contribution in [0.1, 0.15) is 0 Å². The Morgan fingerprint density at radius 3 is 1.78 bits per heavy atom. The standard InChI is InChI=1S/C26H19N5O4S/c32-31(33)21-16-12-19(13-17-21)18-10-14-20(15-11-18)27-25-26(29-24-9-5-4-8-23(24)28-25)30-36(34,35)22-6-2-1-3-7-22/h1-17H,(H,27,28)(H,29,30). The highest BCUT2D eigenvalue weighted by Crippen LogP contribution is 2.29. The lowest BCUT2D eigenvalue weighted by Gasteiger charge is -2.14. The van der Waals surface area contributed by atoms with Crippen molar-refractivity contribution in [3.05, 3.63) is 113 Å². The molecular formula is C26H19N5O4S. The summed E-state index contributed by atoms with van der Waals surface area (Å²) < 4.78 is 28.5. The number of hydrogen-bond acceptors (Lipinski definition) is 7. The largest absolute Gasteiger partial charge is 0.337 e. The number of nitro benzene ring substituents is 1. The molecule has 0 saturated heterocycles. The van der Waals surface area contributed by atoms with Crippen LogP contribution in [-0.4, -0.2) is 23.3 Å². The van der Waals surface area contributed by atoms with Crippen molar-refractivity contribution in [2.24, 2.45) is 0 Å². The van der Waals surface area contributed by atoms with E-state index in [1.54, 1.807) is 48.5 Å². The first kappa shape index (κ1) is 22.9. The first-order chi connectivity index (χ1) is 17.4. The summed E-state index contributed by atoms with van der Waals surface area (Å²) in [5, 5.41) is 14.0. The number of anilines is 3. The lowest BCUT2D eigenvalue weighted by Crippen LogP contribution is -2.16. The fourth-order valence-electron chi connectivity index (χ4n) is 3.60. The molecule has 0 radical (unpaired) electrons. The molecule has 0 bridgehead atoms. The molecule has 0 aliphatic rings. The summed E-state index contributed by atoms with van der Waals surface area (Å²) in [5.41, 5.74) is 3.52. The molecule has 2 N–H and O–H groups in total. The smallest absolute Gasteiger partial charge is 0.269 e. The molecule has 0 unspecified atom stereocenters. The van der Waals surface area contributed by atoms with E-state index in [4.69, 9.17) is 0 Å². The lowest BCUT2D eigenvalue weighted by atomic mass is 10.1. The minimum atomic E-state index is -3.89. The second kappa shape index (κ2) is 9.43. The van der Waals surface area contributed by atoms with E-state index in [9.17, 15) is 18.5 Å². The number of hydrogen-bond donors (Lipinski definition) is 2. The number of aromatic nitrogens is 2. The molecule has 0 saturated carbocycles. The first-order valence-corrected chi connectivity index (χ1v) is 12.3. The molecule has 1 aromatic heterocycles. The van der Waals surface area contributed by atoms with Gasteiger partial charge in [0.1, 0.15) is 0 Å². The van der Waals surface area contributed by atoms with E-state index in [0.29, 0.717) is 16.7 Å². The van der Waals surface area contributed by atoms with Crippen LogP contribution in [0.4, 0.5) is 23.0 Å². The van der Waals surface area contributed by atoms with Crippen molar-refractivity contribution < 1.29 is 13.3 Å². The highest BCUT2D eigenvalue weighted by atomic mass is 32.2. The number of nitrogens with zero attached hydrogens (tertiary/aromatic N) is 3. The van der Waals surface area contributed by atoms with Gasteiger partial charge in [-0.1, -0.05) is 42.5 Å². The van der Waals surface area contributed by atoms with E-state index in [0.717, 1.165) is 11.1 Å². The Morgan fingerprint density at radius 2 is 1.19 bits per heavy atom. The summed E-state index contributed by atoms with van der Waals surface area (Å²) >= 11 is 0. The summed E-state index contributed by atoms with van der Waals surface area (Å²) in [7, 11) is -3.89. The van der Waals surface area contributed by atoms with Gasteiger partial charge in [-0.25, -0.2) is 18.4 Å². The van der Waals surface area contributed by atoms with E-state index < -0.39 is 14.9 Å². The summed E-state index contributed by atoms with van der Waals surface area (Å²) in [6.07, 6.45) is 0. The molecule has 5 aromatic rings. The molecule has 1 heterocycles. The van der Waals surface area contributed by atoms with Crippen molar-refractivity contribution in [2.75, 3.05) is 10.0 Å². The molecule has 10 heteroatoms. The number of rotatable bonds is 7. The van der Waals surface area contributed by atoms with Gasteiger partial charge in [0, 0.05) is 17.8 Å². The molecule has 178 valence electrons. The Morgan fingerprint density at radius 1 is 0.667 bits per heavy atom. The topological polar surface area (TPSA) is 127 Å². The van der Waals surface area contributed by atoms with Crippen LogP contribution < -0.4 is 10.0 Å². The highest BCUT2D eigenvalue weighted by molar-refractivity contribution is 7.92. The van der Waals surface area contributed by atoms with Crippen molar-refractivity contribution >= 4 is 44.1 Å². The van der Waals surface area contributed by atoms with Gasteiger partial charge in [-0.3, -0.25) is 14.8 Å². The van der Waals surface area contributed by atoms with Gasteiger partial charge in [0.25, 0.3) is 15.7 Å². The molecule has 0 fully saturated rings. The minimum absolute atomic E-state index is 0.0254. The molecule has 0 spiro atoms. The SMILES string of the molecule is O=[N+]([O-])c1ccc(-c2ccc(Nc3nc4ccccc4nc3NS(=O)(=O)c3ccccc3)cc2)cc1. The molecule has 36 heavy (non-hydrogen) atoms. The molecule has 0 atom stereocenters. The van der Waals surface area contributed by atoms with Crippen molar-refractivity contribution in [3.63, 3.8) is 0 Å². The monoisotopic (exact) mass is 497 g/mol. The van der Waals surface area contributed by atoms with Gasteiger partial charge in [0.15, 0.2) is 11.6 Å². The maximum absolute atomic E-state index is 13.0. The number of nitro groups is 1. The fourth-order valence-corrected chi connectivity index (χ4v) is 4.63. The maximum atomic E-state index is 13.0. The van der Waals surface area contributed by atoms with Gasteiger partial charge < -0.3 is 5.32 Å². The van der Waals surface area contributed by atoms with Crippen LogP contribution in [0.5, 0.6) is 0 Å². The number of sulfonamides is 1. The van der Waals surface area contributed by atoms with Crippen LogP contribution in [0.2, 0.25) is 0 Å². The van der Waals surface area contributed by atoms with Gasteiger partial charge in [-0.2, -0.15) is 0 Å². The Kier molecular flexibility index (Phi) is 6.01. The molecular weight excluding hydrogens is 478 g/mol. The van der Waals surface area contributed by atoms with Gasteiger partial charge >= 0.3 is 0 Å². The summed E-state index contributed by atoms with van der Waals surface area (Å²) in [6, 6.07) is 28.8. The minimum Gasteiger partial charge on any atom is -0.337 e. The number of para-hydroxylation sites is 2. The van der Waals surface area contributed by atoms with E-state index in [1.807, 2.05) is 30.3 Å². The fraction of sp³-hybridized carbons (Fsp3) is 0. The first-order valence-electron chi connectivity index (χ1n) is 10.9. The van der Waals surface area contributed by atoms with E-state index >= 15 is 0 Å². The van der Waals surface area contributed by atoms with Crippen molar-refractivity contribution in [3.8, 4) is 11.1 Å². The third kappa shape index (κ3) is 4.84. The van der Waals surface area contributed by atoms with Gasteiger partial charge in [-0.15, -0.1) is 0 Å². The predicted octanol–water partition coefficient (Wildman–Crippen LogP) is 5.75. The third-order valence-corrected chi connectivity index (χ3v) is 6.77. The van der Waals surface area contributed by atoms with Crippen molar-refractivity contribution in [1.29, 1.82) is 0 Å². The predicted molar refractivity (Wildman–Crippen MR) is 139 cm³/mol. The van der Waals surface area contributed by atoms with Crippen LogP contribution in [0, 0.1) is 10.1 Å². The number of nitrogens with one attached hydrogen (secondary N) is 2. The molecule has 0 amide bonds. The number of fused-ring (bicyclic) bond motifs is 1. The third-order valence-electron chi connectivity index (χ3n) is 5.41. The zero-order valence-electron chi connectivity index (χ0n) is 18.7. The van der Waals surface area contributed by atoms with Gasteiger partial charge in [0.05, 0.1) is 20.9 Å². The number of non-ortho nitro benzene ring substituents is 1. The zero-order valence-corrected chi connectivity index (χ0v) is 19.5. The van der Waals surface area contributed by atoms with Crippen LogP contribution in [0.3, 0.4) is 0 Å². The maximum Gasteiger partial charge on any atom is 0.269 e. The van der Waals surface area contributed by atoms with Crippen LogP contribution in [0.15, 0.2) is 108 Å². The lowest BCUT2D eigenvalue weighted by molar-refractivity contribution is -0.384. The van der Waals surface area contributed by atoms with E-state index in [2.05, 4.69) is 20.0 Å². The Labute approximate surface area is 206 Å². The zero-order chi connectivity index (χ0) is 25.1. The Hall–Kier alpha value is -4.83. The molecule has 5 rings (SSSR count). The van der Waals surface area contributed by atoms with E-state index in [1.165, 1.54) is 24.3 Å². The summed E-state index contributed by atoms with van der Waals surface area (Å²) in [5.74, 6) is 0.313. The van der Waals surface area contributed by atoms with Crippen LogP contribution in [0.25, 0.3) is 22.2 Å². The van der Waals surface area contributed by atoms with Gasteiger partial charge in [0.2, 0.25) is 0 Å². The molecule has 0 aliphatic carbocycles. The second-order valence-corrected chi connectivity index (χ2v) is 9.52. The molecule has 4 aromatic carbocycles. The summed E-state index contributed by atoms with van der Waals surface area (Å²) in [4.78, 5) is 19.6. The van der Waals surface area contributed by atoms with Gasteiger partial charge in [-0.05, 0) is 59.7 Å². The van der Waals surface area contributed by atoms with Crippen LogP contribution >= 0.6 is 0 Å². The molecule has 0 aliphatic heterocycles. The number of benzene rings is 4. The van der Waals surface area contributed by atoms with Crippen molar-refractivity contribution in [2.45, 2.75) is 4.90 Å². The average molecular weight is 498 g/mol. The summed E-state index contributed by atoms with van der Waals surface area (Å²) in [6.45, 7) is 0. The normalized spacial score (nSPS) is 11.2. The molecule has 9 nitrogen and oxygen atoms in total. The Bertz CT molecular complexity index is 1660. The Balaban J connectivity index is 1.46. The van der Waals surface area contributed by atoms with Crippen LogP contribution in [-0.2, 0) is 10.0 Å². The quantitative estimate of drug-likeness (QED) is 0.216.